The molecule has 5 heteroatoms. The van der Waals surface area contributed by atoms with Crippen LogP contribution in [0.15, 0.2) is 72.8 Å². The predicted octanol–water partition coefficient (Wildman–Crippen LogP) is 4.86. The Balaban J connectivity index is 1.60. The quantitative estimate of drug-likeness (QED) is 0.312. The zero-order valence-electron chi connectivity index (χ0n) is 16.3. The number of carbonyl (C=O) groups is 1. The third kappa shape index (κ3) is 5.87. The summed E-state index contributed by atoms with van der Waals surface area (Å²) in [7, 11) is 3.12. The molecule has 0 saturated carbocycles. The third-order valence-electron chi connectivity index (χ3n) is 4.10. The zero-order valence-corrected chi connectivity index (χ0v) is 16.3. The molecule has 0 aliphatic heterocycles. The maximum atomic E-state index is 12.1. The summed E-state index contributed by atoms with van der Waals surface area (Å²) in [5.41, 5.74) is 2.03. The van der Waals surface area contributed by atoms with Crippen molar-refractivity contribution in [3.8, 4) is 23.0 Å². The first-order chi connectivity index (χ1) is 14.2. The van der Waals surface area contributed by atoms with Crippen LogP contribution in [-0.2, 0) is 4.79 Å². The van der Waals surface area contributed by atoms with Gasteiger partial charge in [0.05, 0.1) is 14.2 Å². The van der Waals surface area contributed by atoms with Gasteiger partial charge in [-0.15, -0.1) is 0 Å². The number of ether oxygens (including phenoxy) is 4. The van der Waals surface area contributed by atoms with Crippen LogP contribution in [0.4, 0.5) is 0 Å². The smallest absolute Gasteiger partial charge is 0.349 e. The van der Waals surface area contributed by atoms with E-state index in [4.69, 9.17) is 18.9 Å². The first-order valence-corrected chi connectivity index (χ1v) is 9.06. The lowest BCUT2D eigenvalue weighted by atomic mass is 10.1. The Hall–Kier alpha value is -3.73. The van der Waals surface area contributed by atoms with Crippen LogP contribution in [0.5, 0.6) is 23.0 Å². The lowest BCUT2D eigenvalue weighted by Gasteiger charge is -2.11. The molecule has 0 radical (unpaired) electrons. The van der Waals surface area contributed by atoms with Crippen molar-refractivity contribution in [3.05, 3.63) is 83.9 Å². The minimum atomic E-state index is -0.522. The number of methoxy groups -OCH3 is 2. The van der Waals surface area contributed by atoms with E-state index >= 15 is 0 Å². The highest BCUT2D eigenvalue weighted by atomic mass is 16.6. The summed E-state index contributed by atoms with van der Waals surface area (Å²) >= 11 is 0. The fraction of sp³-hybridized carbons (Fsp3) is 0.125. The molecule has 0 aliphatic rings. The maximum Gasteiger partial charge on any atom is 0.349 e. The van der Waals surface area contributed by atoms with Crippen LogP contribution < -0.4 is 18.9 Å². The minimum Gasteiger partial charge on any atom is -0.497 e. The number of rotatable bonds is 8. The van der Waals surface area contributed by atoms with E-state index in [9.17, 15) is 4.79 Å². The Bertz CT molecular complexity index is 962. The Morgan fingerprint density at radius 1 is 0.759 bits per heavy atom. The SMILES string of the molecule is COc1ccc(OCC(=O)Oc2ccc(/C=C/c3ccccc3)cc2OC)cc1. The Morgan fingerprint density at radius 2 is 1.45 bits per heavy atom. The van der Waals surface area contributed by atoms with Gasteiger partial charge >= 0.3 is 5.97 Å². The van der Waals surface area contributed by atoms with Crippen molar-refractivity contribution in [1.29, 1.82) is 0 Å². The second-order valence-electron chi connectivity index (χ2n) is 6.09. The molecule has 5 nitrogen and oxygen atoms in total. The van der Waals surface area contributed by atoms with E-state index in [0.29, 0.717) is 23.0 Å². The summed E-state index contributed by atoms with van der Waals surface area (Å²) < 4.78 is 21.3. The largest absolute Gasteiger partial charge is 0.497 e. The molecular weight excluding hydrogens is 368 g/mol. The van der Waals surface area contributed by atoms with Gasteiger partial charge in [0, 0.05) is 0 Å². The summed E-state index contributed by atoms with van der Waals surface area (Å²) in [5, 5.41) is 0. The van der Waals surface area contributed by atoms with E-state index in [2.05, 4.69) is 0 Å². The maximum absolute atomic E-state index is 12.1. The Labute approximate surface area is 170 Å². The average molecular weight is 390 g/mol. The van der Waals surface area contributed by atoms with Crippen molar-refractivity contribution < 1.29 is 23.7 Å². The van der Waals surface area contributed by atoms with Gasteiger partial charge in [-0.3, -0.25) is 0 Å². The van der Waals surface area contributed by atoms with Crippen molar-refractivity contribution in [2.75, 3.05) is 20.8 Å². The van der Waals surface area contributed by atoms with Gasteiger partial charge in [-0.2, -0.15) is 0 Å². The molecular formula is C24H22O5. The lowest BCUT2D eigenvalue weighted by molar-refractivity contribution is -0.136. The molecule has 3 aromatic rings. The minimum absolute atomic E-state index is 0.217. The molecule has 0 saturated heterocycles. The fourth-order valence-electron chi connectivity index (χ4n) is 2.60. The summed E-state index contributed by atoms with van der Waals surface area (Å²) in [6.45, 7) is -0.217. The molecule has 0 atom stereocenters. The zero-order chi connectivity index (χ0) is 20.5. The van der Waals surface area contributed by atoms with Crippen LogP contribution in [0.1, 0.15) is 11.1 Å². The highest BCUT2D eigenvalue weighted by Gasteiger charge is 2.11. The average Bonchev–Trinajstić information content (AvgIpc) is 2.78. The van der Waals surface area contributed by atoms with Gasteiger partial charge < -0.3 is 18.9 Å². The first-order valence-electron chi connectivity index (χ1n) is 9.06. The van der Waals surface area contributed by atoms with Crippen LogP contribution in [0.25, 0.3) is 12.2 Å². The molecule has 0 aromatic heterocycles. The van der Waals surface area contributed by atoms with E-state index in [1.54, 1.807) is 37.4 Å². The lowest BCUT2D eigenvalue weighted by Crippen LogP contribution is -2.18. The molecule has 0 spiro atoms. The number of carbonyl (C=O) groups excluding carboxylic acids is 1. The van der Waals surface area contributed by atoms with Gasteiger partial charge in [0.15, 0.2) is 18.1 Å². The van der Waals surface area contributed by atoms with Gasteiger partial charge in [-0.1, -0.05) is 48.6 Å². The Morgan fingerprint density at radius 3 is 2.14 bits per heavy atom. The normalized spacial score (nSPS) is 10.6. The number of hydrogen-bond acceptors (Lipinski definition) is 5. The number of benzene rings is 3. The van der Waals surface area contributed by atoms with Crippen LogP contribution in [0.3, 0.4) is 0 Å². The predicted molar refractivity (Wildman–Crippen MR) is 112 cm³/mol. The standard InChI is InChI=1S/C24H22O5/c1-26-20-11-13-21(14-12-20)28-17-24(25)29-22-15-10-19(16-23(22)27-2)9-8-18-6-4-3-5-7-18/h3-16H,17H2,1-2H3/b9-8+. The van der Waals surface area contributed by atoms with Gasteiger partial charge in [0.2, 0.25) is 0 Å². The van der Waals surface area contributed by atoms with E-state index in [0.717, 1.165) is 11.1 Å². The van der Waals surface area contributed by atoms with E-state index in [-0.39, 0.29) is 6.61 Å². The van der Waals surface area contributed by atoms with E-state index in [1.165, 1.54) is 7.11 Å². The van der Waals surface area contributed by atoms with Crippen molar-refractivity contribution in [1.82, 2.24) is 0 Å². The monoisotopic (exact) mass is 390 g/mol. The number of esters is 1. The molecule has 3 rings (SSSR count). The van der Waals surface area contributed by atoms with Crippen LogP contribution in [0, 0.1) is 0 Å². The first kappa shape index (κ1) is 20.0. The van der Waals surface area contributed by atoms with Gasteiger partial charge in [-0.25, -0.2) is 4.79 Å². The van der Waals surface area contributed by atoms with Gasteiger partial charge in [-0.05, 0) is 47.5 Å². The summed E-state index contributed by atoms with van der Waals surface area (Å²) in [4.78, 5) is 12.1. The van der Waals surface area contributed by atoms with E-state index in [1.807, 2.05) is 54.6 Å². The molecule has 0 aliphatic carbocycles. The number of hydrogen-bond donors (Lipinski definition) is 0. The third-order valence-corrected chi connectivity index (χ3v) is 4.10. The topological polar surface area (TPSA) is 54.0 Å². The molecule has 0 bridgehead atoms. The molecule has 29 heavy (non-hydrogen) atoms. The highest BCUT2D eigenvalue weighted by molar-refractivity contribution is 5.76. The van der Waals surface area contributed by atoms with Gasteiger partial charge in [0.1, 0.15) is 11.5 Å². The fourth-order valence-corrected chi connectivity index (χ4v) is 2.60. The van der Waals surface area contributed by atoms with Crippen molar-refractivity contribution in [3.63, 3.8) is 0 Å². The Kier molecular flexibility index (Phi) is 6.90. The van der Waals surface area contributed by atoms with Crippen LogP contribution in [0.2, 0.25) is 0 Å². The molecule has 0 amide bonds. The molecule has 3 aromatic carbocycles. The molecule has 0 unspecified atom stereocenters. The summed E-state index contributed by atoms with van der Waals surface area (Å²) in [6.07, 6.45) is 3.97. The summed E-state index contributed by atoms with van der Waals surface area (Å²) in [6, 6.07) is 22.3. The van der Waals surface area contributed by atoms with Gasteiger partial charge in [0.25, 0.3) is 0 Å². The molecule has 148 valence electrons. The summed E-state index contributed by atoms with van der Waals surface area (Å²) in [5.74, 6) is 1.56. The van der Waals surface area contributed by atoms with Crippen molar-refractivity contribution in [2.24, 2.45) is 0 Å². The highest BCUT2D eigenvalue weighted by Crippen LogP contribution is 2.29. The second kappa shape index (κ2) is 9.99. The molecule has 0 fully saturated rings. The van der Waals surface area contributed by atoms with Crippen molar-refractivity contribution >= 4 is 18.1 Å². The molecule has 0 N–H and O–H groups in total. The van der Waals surface area contributed by atoms with Crippen LogP contribution >= 0.6 is 0 Å². The van der Waals surface area contributed by atoms with E-state index < -0.39 is 5.97 Å². The van der Waals surface area contributed by atoms with Crippen molar-refractivity contribution in [2.45, 2.75) is 0 Å². The van der Waals surface area contributed by atoms with Crippen LogP contribution in [-0.4, -0.2) is 26.8 Å². The molecule has 0 heterocycles. The second-order valence-corrected chi connectivity index (χ2v) is 6.09.